The molecule has 1 aliphatic carbocycles. The highest BCUT2D eigenvalue weighted by Crippen LogP contribution is 2.21. The molecule has 2 atom stereocenters. The molecule has 0 spiro atoms. The Balaban J connectivity index is 2.18. The van der Waals surface area contributed by atoms with Crippen molar-refractivity contribution < 1.29 is 0 Å². The molecule has 0 saturated carbocycles. The van der Waals surface area contributed by atoms with Crippen molar-refractivity contribution in [1.29, 1.82) is 0 Å². The molecule has 0 aromatic carbocycles. The summed E-state index contributed by atoms with van der Waals surface area (Å²) < 4.78 is 0. The summed E-state index contributed by atoms with van der Waals surface area (Å²) in [7, 11) is 0. The summed E-state index contributed by atoms with van der Waals surface area (Å²) in [5.74, 6) is 0. The molecule has 1 saturated heterocycles. The zero-order valence-electron chi connectivity index (χ0n) is 4.22. The molecule has 2 unspecified atom stereocenters. The lowest BCUT2D eigenvalue weighted by Gasteiger charge is -2.38. The normalized spacial score (nSPS) is 45.7. The third-order valence-corrected chi connectivity index (χ3v) is 1.78. The van der Waals surface area contributed by atoms with Gasteiger partial charge in [0, 0.05) is 12.1 Å². The van der Waals surface area contributed by atoms with Crippen LogP contribution in [0.1, 0.15) is 12.8 Å². The molecule has 0 aromatic heterocycles. The minimum Gasteiger partial charge on any atom is -0.307 e. The number of fused-ring (bicyclic) bond motifs is 1. The Morgan fingerprint density at radius 3 is 2.57 bits per heavy atom. The van der Waals surface area contributed by atoms with Crippen molar-refractivity contribution in [2.45, 2.75) is 24.9 Å². The molecule has 2 heterocycles. The van der Waals surface area contributed by atoms with Gasteiger partial charge in [0.15, 0.2) is 0 Å². The lowest BCUT2D eigenvalue weighted by atomic mass is 9.89. The zero-order chi connectivity index (χ0) is 4.69. The fourth-order valence-electron chi connectivity index (χ4n) is 1.29. The predicted molar refractivity (Wildman–Crippen MR) is 29.1 cm³/mol. The van der Waals surface area contributed by atoms with Gasteiger partial charge in [-0.3, -0.25) is 0 Å². The van der Waals surface area contributed by atoms with Gasteiger partial charge in [-0.1, -0.05) is 12.2 Å². The van der Waals surface area contributed by atoms with Gasteiger partial charge < -0.3 is 5.32 Å². The second-order valence-corrected chi connectivity index (χ2v) is 2.37. The van der Waals surface area contributed by atoms with Gasteiger partial charge in [0.25, 0.3) is 0 Å². The standard InChI is InChI=1S/C6H9N/c1-2-5-4-6(3-1)7-5/h1-2,5-7H,3-4H2. The van der Waals surface area contributed by atoms with Crippen molar-refractivity contribution in [3.63, 3.8) is 0 Å². The minimum absolute atomic E-state index is 0.749. The first kappa shape index (κ1) is 3.67. The van der Waals surface area contributed by atoms with Gasteiger partial charge in [-0.15, -0.1) is 0 Å². The molecule has 1 heteroatoms. The molecule has 3 rings (SSSR count). The molecule has 38 valence electrons. The van der Waals surface area contributed by atoms with Gasteiger partial charge in [-0.05, 0) is 12.8 Å². The van der Waals surface area contributed by atoms with Crippen molar-refractivity contribution in [3.05, 3.63) is 12.2 Å². The summed E-state index contributed by atoms with van der Waals surface area (Å²) in [4.78, 5) is 0. The molecule has 7 heavy (non-hydrogen) atoms. The molecule has 0 radical (unpaired) electrons. The Kier molecular flexibility index (Phi) is 0.577. The van der Waals surface area contributed by atoms with Crippen LogP contribution < -0.4 is 5.32 Å². The van der Waals surface area contributed by atoms with E-state index in [1.807, 2.05) is 0 Å². The lowest BCUT2D eigenvalue weighted by Crippen LogP contribution is -2.52. The number of rotatable bonds is 0. The van der Waals surface area contributed by atoms with E-state index in [2.05, 4.69) is 17.5 Å². The van der Waals surface area contributed by atoms with Crippen molar-refractivity contribution in [2.75, 3.05) is 0 Å². The quantitative estimate of drug-likeness (QED) is 0.436. The number of nitrogens with one attached hydrogen (secondary N) is 1. The van der Waals surface area contributed by atoms with E-state index < -0.39 is 0 Å². The molecule has 1 nitrogen and oxygen atoms in total. The van der Waals surface area contributed by atoms with E-state index in [1.54, 1.807) is 0 Å². The molecular weight excluding hydrogens is 86.1 g/mol. The average Bonchev–Trinajstić information content (AvgIpc) is 1.67. The molecule has 2 bridgehead atoms. The second-order valence-electron chi connectivity index (χ2n) is 2.37. The Bertz CT molecular complexity index is 101. The topological polar surface area (TPSA) is 12.0 Å². The third kappa shape index (κ3) is 0.416. The lowest BCUT2D eigenvalue weighted by molar-refractivity contribution is 0.293. The van der Waals surface area contributed by atoms with Crippen LogP contribution >= 0.6 is 0 Å². The van der Waals surface area contributed by atoms with E-state index in [1.165, 1.54) is 12.8 Å². The van der Waals surface area contributed by atoms with Crippen LogP contribution in [0.15, 0.2) is 12.2 Å². The van der Waals surface area contributed by atoms with Crippen molar-refractivity contribution in [1.82, 2.24) is 5.32 Å². The Labute approximate surface area is 43.4 Å². The highest BCUT2D eigenvalue weighted by atomic mass is 15.0. The first-order chi connectivity index (χ1) is 3.45. The zero-order valence-corrected chi connectivity index (χ0v) is 4.22. The van der Waals surface area contributed by atoms with Crippen LogP contribution in [0.3, 0.4) is 0 Å². The highest BCUT2D eigenvalue weighted by Gasteiger charge is 2.27. The van der Waals surface area contributed by atoms with Crippen LogP contribution in [0.5, 0.6) is 0 Å². The summed E-state index contributed by atoms with van der Waals surface area (Å²) >= 11 is 0. The van der Waals surface area contributed by atoms with E-state index in [4.69, 9.17) is 0 Å². The van der Waals surface area contributed by atoms with E-state index in [0.29, 0.717) is 0 Å². The molecular formula is C6H9N. The summed E-state index contributed by atoms with van der Waals surface area (Å²) in [5, 5.41) is 3.39. The van der Waals surface area contributed by atoms with Gasteiger partial charge in [-0.2, -0.15) is 0 Å². The first-order valence-corrected chi connectivity index (χ1v) is 2.88. The maximum Gasteiger partial charge on any atom is 0.0267 e. The van der Waals surface area contributed by atoms with E-state index in [0.717, 1.165) is 12.1 Å². The summed E-state index contributed by atoms with van der Waals surface area (Å²) in [6.45, 7) is 0. The molecule has 0 amide bonds. The van der Waals surface area contributed by atoms with Crippen LogP contribution in [0.4, 0.5) is 0 Å². The molecule has 3 aliphatic rings. The summed E-state index contributed by atoms with van der Waals surface area (Å²) in [6.07, 6.45) is 7.18. The van der Waals surface area contributed by atoms with Crippen molar-refractivity contribution in [3.8, 4) is 0 Å². The van der Waals surface area contributed by atoms with Crippen LogP contribution in [-0.2, 0) is 0 Å². The minimum atomic E-state index is 0.749. The van der Waals surface area contributed by atoms with Crippen LogP contribution in [0.25, 0.3) is 0 Å². The predicted octanol–water partition coefficient (Wildman–Crippen LogP) is 0.677. The second kappa shape index (κ2) is 1.10. The van der Waals surface area contributed by atoms with Crippen LogP contribution in [0.2, 0.25) is 0 Å². The van der Waals surface area contributed by atoms with Gasteiger partial charge in [0.05, 0.1) is 0 Å². The number of hydrogen-bond donors (Lipinski definition) is 1. The maximum absolute atomic E-state index is 3.39. The summed E-state index contributed by atoms with van der Waals surface area (Å²) in [5.41, 5.74) is 0. The Hall–Kier alpha value is -0.300. The maximum atomic E-state index is 3.39. The summed E-state index contributed by atoms with van der Waals surface area (Å²) in [6, 6.07) is 1.59. The van der Waals surface area contributed by atoms with E-state index in [9.17, 15) is 0 Å². The van der Waals surface area contributed by atoms with Gasteiger partial charge in [-0.25, -0.2) is 0 Å². The van der Waals surface area contributed by atoms with Gasteiger partial charge >= 0.3 is 0 Å². The van der Waals surface area contributed by atoms with Gasteiger partial charge in [0.2, 0.25) is 0 Å². The Morgan fingerprint density at radius 1 is 1.57 bits per heavy atom. The number of hydrogen-bond acceptors (Lipinski definition) is 1. The van der Waals surface area contributed by atoms with Crippen molar-refractivity contribution in [2.24, 2.45) is 0 Å². The highest BCUT2D eigenvalue weighted by molar-refractivity contribution is 5.10. The molecule has 1 N–H and O–H groups in total. The van der Waals surface area contributed by atoms with E-state index >= 15 is 0 Å². The van der Waals surface area contributed by atoms with E-state index in [-0.39, 0.29) is 0 Å². The third-order valence-electron chi connectivity index (χ3n) is 1.78. The largest absolute Gasteiger partial charge is 0.307 e. The van der Waals surface area contributed by atoms with Gasteiger partial charge in [0.1, 0.15) is 0 Å². The first-order valence-electron chi connectivity index (χ1n) is 2.88. The monoisotopic (exact) mass is 95.1 g/mol. The smallest absolute Gasteiger partial charge is 0.0267 e. The molecule has 0 aromatic rings. The van der Waals surface area contributed by atoms with Crippen molar-refractivity contribution >= 4 is 0 Å². The molecule has 2 aliphatic heterocycles. The fraction of sp³-hybridized carbons (Fsp3) is 0.667. The average molecular weight is 95.1 g/mol. The molecule has 1 fully saturated rings. The Morgan fingerprint density at radius 2 is 2.43 bits per heavy atom. The fourth-order valence-corrected chi connectivity index (χ4v) is 1.29. The van der Waals surface area contributed by atoms with Crippen LogP contribution in [-0.4, -0.2) is 12.1 Å². The van der Waals surface area contributed by atoms with Crippen LogP contribution in [0, 0.1) is 0 Å². The SMILES string of the molecule is C1=CC2CC(C1)N2.